The minimum atomic E-state index is -0.743. The van der Waals surface area contributed by atoms with E-state index in [0.29, 0.717) is 17.6 Å². The normalized spacial score (nSPS) is 10.8. The van der Waals surface area contributed by atoms with E-state index in [1.165, 1.54) is 6.07 Å². The number of fused-ring (bicyclic) bond motifs is 3. The van der Waals surface area contributed by atoms with Gasteiger partial charge in [-0.25, -0.2) is 9.59 Å². The van der Waals surface area contributed by atoms with E-state index < -0.39 is 17.8 Å². The predicted octanol–water partition coefficient (Wildman–Crippen LogP) is 6.15. The first kappa shape index (κ1) is 22.0. The number of rotatable bonds is 8. The van der Waals surface area contributed by atoms with Crippen molar-refractivity contribution in [2.45, 2.75) is 12.8 Å². The Morgan fingerprint density at radius 3 is 2.33 bits per heavy atom. The molecule has 0 aliphatic carbocycles. The van der Waals surface area contributed by atoms with E-state index >= 15 is 0 Å². The van der Waals surface area contributed by atoms with Crippen LogP contribution in [0.5, 0.6) is 5.75 Å². The third-order valence-corrected chi connectivity index (χ3v) is 5.23. The predicted molar refractivity (Wildman–Crippen MR) is 124 cm³/mol. The summed E-state index contributed by atoms with van der Waals surface area (Å²) in [5.74, 6) is -2.10. The van der Waals surface area contributed by atoms with E-state index in [1.807, 2.05) is 42.5 Å². The van der Waals surface area contributed by atoms with E-state index in [4.69, 9.17) is 13.9 Å². The second kappa shape index (κ2) is 9.53. The van der Waals surface area contributed by atoms with E-state index in [1.54, 1.807) is 6.07 Å². The van der Waals surface area contributed by atoms with Crippen molar-refractivity contribution in [3.8, 4) is 16.9 Å². The zero-order chi connectivity index (χ0) is 23.4. The Labute approximate surface area is 189 Å². The smallest absolute Gasteiger partial charge is 0.335 e. The van der Waals surface area contributed by atoms with E-state index in [9.17, 15) is 14.0 Å². The summed E-state index contributed by atoms with van der Waals surface area (Å²) in [5.41, 5.74) is 3.60. The summed E-state index contributed by atoms with van der Waals surface area (Å²) in [4.78, 5) is 22.5. The molecule has 33 heavy (non-hydrogen) atoms. The van der Waals surface area contributed by atoms with Crippen LogP contribution < -0.4 is 4.74 Å². The number of carbonyl (C=O) groups is 2. The van der Waals surface area contributed by atoms with Gasteiger partial charge in [-0.2, -0.15) is 4.39 Å². The van der Waals surface area contributed by atoms with Crippen LogP contribution >= 0.6 is 0 Å². The zero-order valence-corrected chi connectivity index (χ0v) is 17.8. The number of ether oxygens (including phenoxy) is 2. The largest absolute Gasteiger partial charge is 0.463 e. The molecule has 0 unspecified atom stereocenters. The molecule has 4 rings (SSSR count). The molecule has 0 aliphatic heterocycles. The van der Waals surface area contributed by atoms with Crippen molar-refractivity contribution >= 4 is 33.9 Å². The van der Waals surface area contributed by atoms with Gasteiger partial charge in [0.15, 0.2) is 11.3 Å². The monoisotopic (exact) mass is 444 g/mol. The molecular formula is C27H21FO5. The maximum absolute atomic E-state index is 14.8. The summed E-state index contributed by atoms with van der Waals surface area (Å²) in [7, 11) is 0. The average Bonchev–Trinajstić information content (AvgIpc) is 3.22. The molecule has 6 heteroatoms. The van der Waals surface area contributed by atoms with Gasteiger partial charge < -0.3 is 13.9 Å². The molecular weight excluding hydrogens is 423 g/mol. The summed E-state index contributed by atoms with van der Waals surface area (Å²) in [5, 5.41) is 1.36. The van der Waals surface area contributed by atoms with Crippen LogP contribution in [-0.2, 0) is 20.7 Å². The molecule has 0 N–H and O–H groups in total. The topological polar surface area (TPSA) is 65.7 Å². The minimum absolute atomic E-state index is 0.0315. The summed E-state index contributed by atoms with van der Waals surface area (Å²) >= 11 is 0. The van der Waals surface area contributed by atoms with E-state index in [-0.39, 0.29) is 11.3 Å². The Morgan fingerprint density at radius 1 is 0.909 bits per heavy atom. The Kier molecular flexibility index (Phi) is 6.36. The summed E-state index contributed by atoms with van der Waals surface area (Å²) in [6.07, 6.45) is 3.63. The first-order chi connectivity index (χ1) is 16.0. The van der Waals surface area contributed by atoms with Crippen LogP contribution in [0.4, 0.5) is 4.39 Å². The number of esters is 2. The first-order valence-electron chi connectivity index (χ1n) is 10.4. The Balaban J connectivity index is 1.55. The number of hydrogen-bond donors (Lipinski definition) is 0. The number of carbonyl (C=O) groups excluding carboxylic acids is 2. The summed E-state index contributed by atoms with van der Waals surface area (Å²) in [6.45, 7) is 7.03. The van der Waals surface area contributed by atoms with Crippen LogP contribution in [0.25, 0.3) is 33.1 Å². The quantitative estimate of drug-likeness (QED) is 0.141. The number of aryl methyl sites for hydroxylation is 1. The molecule has 0 bridgehead atoms. The minimum Gasteiger partial charge on any atom is -0.463 e. The fourth-order valence-corrected chi connectivity index (χ4v) is 3.57. The van der Waals surface area contributed by atoms with Gasteiger partial charge in [-0.15, -0.1) is 0 Å². The Morgan fingerprint density at radius 2 is 1.61 bits per heavy atom. The van der Waals surface area contributed by atoms with Gasteiger partial charge in [0.25, 0.3) is 0 Å². The highest BCUT2D eigenvalue weighted by Crippen LogP contribution is 2.36. The molecule has 0 spiro atoms. The molecule has 0 saturated carbocycles. The van der Waals surface area contributed by atoms with Crippen LogP contribution in [0, 0.1) is 5.82 Å². The van der Waals surface area contributed by atoms with Crippen LogP contribution in [0.2, 0.25) is 0 Å². The zero-order valence-electron chi connectivity index (χ0n) is 17.8. The van der Waals surface area contributed by atoms with Crippen LogP contribution in [0.1, 0.15) is 12.0 Å². The molecule has 0 saturated heterocycles. The Hall–Kier alpha value is -4.19. The molecule has 166 valence electrons. The highest BCUT2D eigenvalue weighted by molar-refractivity contribution is 6.06. The highest BCUT2D eigenvalue weighted by Gasteiger charge is 2.17. The number of furan rings is 1. The van der Waals surface area contributed by atoms with Crippen molar-refractivity contribution in [1.29, 1.82) is 0 Å². The van der Waals surface area contributed by atoms with Crippen molar-refractivity contribution in [3.05, 3.63) is 91.3 Å². The highest BCUT2D eigenvalue weighted by atomic mass is 19.1. The molecule has 1 aromatic heterocycles. The summed E-state index contributed by atoms with van der Waals surface area (Å²) < 4.78 is 30.5. The van der Waals surface area contributed by atoms with Gasteiger partial charge in [0.1, 0.15) is 5.58 Å². The van der Waals surface area contributed by atoms with Gasteiger partial charge in [-0.05, 0) is 53.8 Å². The molecule has 4 aromatic rings. The van der Waals surface area contributed by atoms with Crippen molar-refractivity contribution in [2.75, 3.05) is 6.61 Å². The maximum Gasteiger partial charge on any atom is 0.335 e. The van der Waals surface area contributed by atoms with Crippen LogP contribution in [-0.4, -0.2) is 18.5 Å². The third kappa shape index (κ3) is 4.70. The van der Waals surface area contributed by atoms with Crippen LogP contribution in [0.3, 0.4) is 0 Å². The molecule has 0 radical (unpaired) electrons. The molecule has 3 aromatic carbocycles. The lowest BCUT2D eigenvalue weighted by atomic mass is 10.0. The average molecular weight is 444 g/mol. The number of benzene rings is 3. The van der Waals surface area contributed by atoms with Gasteiger partial charge >= 0.3 is 11.9 Å². The standard InChI is InChI=1S/C27H21FO5/c1-3-24(29)31-15-5-6-17-7-9-18(10-8-17)19-11-12-20-21-13-14-22(32-25(30)4-2)26(28)27(21)33-23(20)16-19/h3-4,7-14,16H,1-2,5-6,15H2. The summed E-state index contributed by atoms with van der Waals surface area (Å²) in [6, 6.07) is 16.8. The second-order valence-corrected chi connectivity index (χ2v) is 7.36. The first-order valence-corrected chi connectivity index (χ1v) is 10.4. The van der Waals surface area contributed by atoms with Crippen molar-refractivity contribution < 1.29 is 27.9 Å². The van der Waals surface area contributed by atoms with Gasteiger partial charge in [-0.1, -0.05) is 43.5 Å². The fraction of sp³-hybridized carbons (Fsp3) is 0.111. The molecule has 0 fully saturated rings. The van der Waals surface area contributed by atoms with Crippen LogP contribution in [0.15, 0.2) is 84.3 Å². The third-order valence-electron chi connectivity index (χ3n) is 5.23. The Bertz CT molecular complexity index is 1370. The van der Waals surface area contributed by atoms with E-state index in [0.717, 1.165) is 47.1 Å². The van der Waals surface area contributed by atoms with E-state index in [2.05, 4.69) is 13.2 Å². The van der Waals surface area contributed by atoms with Crippen molar-refractivity contribution in [1.82, 2.24) is 0 Å². The lowest BCUT2D eigenvalue weighted by molar-refractivity contribution is -0.137. The molecule has 1 heterocycles. The second-order valence-electron chi connectivity index (χ2n) is 7.36. The lowest BCUT2D eigenvalue weighted by Crippen LogP contribution is -2.04. The van der Waals surface area contributed by atoms with Crippen molar-refractivity contribution in [3.63, 3.8) is 0 Å². The number of hydrogen-bond acceptors (Lipinski definition) is 5. The SMILES string of the molecule is C=CC(=O)OCCCc1ccc(-c2ccc3c(c2)oc2c(F)c(OC(=O)C=C)ccc23)cc1. The fourth-order valence-electron chi connectivity index (χ4n) is 3.57. The van der Waals surface area contributed by atoms with Gasteiger partial charge in [0, 0.05) is 22.9 Å². The lowest BCUT2D eigenvalue weighted by Gasteiger charge is -2.05. The molecule has 0 amide bonds. The number of halogens is 1. The molecule has 5 nitrogen and oxygen atoms in total. The molecule has 0 atom stereocenters. The van der Waals surface area contributed by atoms with Gasteiger partial charge in [0.05, 0.1) is 6.61 Å². The van der Waals surface area contributed by atoms with Gasteiger partial charge in [0.2, 0.25) is 5.82 Å². The van der Waals surface area contributed by atoms with Gasteiger partial charge in [-0.3, -0.25) is 0 Å². The van der Waals surface area contributed by atoms with Crippen molar-refractivity contribution in [2.24, 2.45) is 0 Å². The maximum atomic E-state index is 14.8. The molecule has 0 aliphatic rings.